The van der Waals surface area contributed by atoms with Crippen molar-refractivity contribution in [3.8, 4) is 0 Å². The van der Waals surface area contributed by atoms with Gasteiger partial charge in [0.05, 0.1) is 6.61 Å². The van der Waals surface area contributed by atoms with Crippen LogP contribution in [0.1, 0.15) is 39.5 Å². The molecule has 0 aromatic rings. The molecule has 21 heavy (non-hydrogen) atoms. The molecule has 124 valence electrons. The first-order chi connectivity index (χ1) is 10.2. The van der Waals surface area contributed by atoms with Gasteiger partial charge in [0.25, 0.3) is 0 Å². The van der Waals surface area contributed by atoms with Crippen LogP contribution in [0.2, 0.25) is 0 Å². The molecule has 1 fully saturated rings. The second kappa shape index (κ2) is 10.9. The van der Waals surface area contributed by atoms with Gasteiger partial charge in [-0.05, 0) is 25.3 Å². The summed E-state index contributed by atoms with van der Waals surface area (Å²) in [5.74, 6) is 1.66. The van der Waals surface area contributed by atoms with E-state index < -0.39 is 0 Å². The van der Waals surface area contributed by atoms with Crippen LogP contribution in [0.5, 0.6) is 0 Å². The van der Waals surface area contributed by atoms with E-state index in [1.165, 1.54) is 32.2 Å². The van der Waals surface area contributed by atoms with Gasteiger partial charge in [-0.25, -0.2) is 0 Å². The molecule has 1 aliphatic rings. The number of hydrogen-bond donors (Lipinski definition) is 2. The third kappa shape index (κ3) is 6.66. The van der Waals surface area contributed by atoms with E-state index in [0.29, 0.717) is 6.04 Å². The van der Waals surface area contributed by atoms with Crippen LogP contribution in [0.4, 0.5) is 0 Å². The van der Waals surface area contributed by atoms with E-state index in [1.807, 2.05) is 7.05 Å². The number of hydrogen-bond acceptors (Lipinski definition) is 3. The summed E-state index contributed by atoms with van der Waals surface area (Å²) in [7, 11) is 3.62. The first-order valence-electron chi connectivity index (χ1n) is 8.42. The van der Waals surface area contributed by atoms with Gasteiger partial charge in [-0.3, -0.25) is 9.89 Å². The Labute approximate surface area is 130 Å². The molecule has 0 aromatic carbocycles. The van der Waals surface area contributed by atoms with E-state index in [9.17, 15) is 0 Å². The highest BCUT2D eigenvalue weighted by molar-refractivity contribution is 5.79. The van der Waals surface area contributed by atoms with Crippen molar-refractivity contribution in [2.45, 2.75) is 45.6 Å². The van der Waals surface area contributed by atoms with Crippen molar-refractivity contribution in [3.63, 3.8) is 0 Å². The quantitative estimate of drug-likeness (QED) is 0.502. The molecule has 1 aliphatic heterocycles. The molecule has 0 saturated carbocycles. The molecular formula is C16H34N4O. The number of likely N-dealkylation sites (tertiary alicyclic amines) is 1. The Balaban J connectivity index is 2.30. The number of guanidine groups is 1. The Morgan fingerprint density at radius 1 is 1.33 bits per heavy atom. The SMILES string of the molecule is CCC(CC)CNC(=NC)NCC1CCCN1CCOC. The summed E-state index contributed by atoms with van der Waals surface area (Å²) >= 11 is 0. The number of nitrogens with zero attached hydrogens (tertiary/aromatic N) is 2. The molecule has 1 atom stereocenters. The maximum absolute atomic E-state index is 5.19. The molecule has 1 unspecified atom stereocenters. The highest BCUT2D eigenvalue weighted by Crippen LogP contribution is 2.15. The smallest absolute Gasteiger partial charge is 0.191 e. The summed E-state index contributed by atoms with van der Waals surface area (Å²) < 4.78 is 5.19. The predicted molar refractivity (Wildman–Crippen MR) is 89.9 cm³/mol. The van der Waals surface area contributed by atoms with Crippen molar-refractivity contribution in [1.29, 1.82) is 0 Å². The first kappa shape index (κ1) is 18.2. The molecule has 0 amide bonds. The van der Waals surface area contributed by atoms with E-state index in [2.05, 4.69) is 34.4 Å². The second-order valence-electron chi connectivity index (χ2n) is 5.84. The van der Waals surface area contributed by atoms with Crippen LogP contribution in [0.15, 0.2) is 4.99 Å². The molecule has 1 rings (SSSR count). The van der Waals surface area contributed by atoms with Gasteiger partial charge in [0.2, 0.25) is 0 Å². The summed E-state index contributed by atoms with van der Waals surface area (Å²) in [6.45, 7) is 9.50. The van der Waals surface area contributed by atoms with Crippen LogP contribution in [-0.4, -0.2) is 63.8 Å². The van der Waals surface area contributed by atoms with Gasteiger partial charge in [-0.1, -0.05) is 26.7 Å². The highest BCUT2D eigenvalue weighted by atomic mass is 16.5. The molecule has 1 saturated heterocycles. The van der Waals surface area contributed by atoms with Gasteiger partial charge in [0.15, 0.2) is 5.96 Å². The molecule has 0 aromatic heterocycles. The van der Waals surface area contributed by atoms with Crippen molar-refractivity contribution in [3.05, 3.63) is 0 Å². The lowest BCUT2D eigenvalue weighted by atomic mass is 10.0. The van der Waals surface area contributed by atoms with Gasteiger partial charge in [-0.2, -0.15) is 0 Å². The van der Waals surface area contributed by atoms with Crippen molar-refractivity contribution in [2.24, 2.45) is 10.9 Å². The van der Waals surface area contributed by atoms with Crippen LogP contribution in [-0.2, 0) is 4.74 Å². The molecule has 2 N–H and O–H groups in total. The Bertz CT molecular complexity index is 292. The molecule has 0 aliphatic carbocycles. The maximum atomic E-state index is 5.19. The number of methoxy groups -OCH3 is 1. The molecule has 5 heteroatoms. The lowest BCUT2D eigenvalue weighted by Gasteiger charge is -2.25. The molecular weight excluding hydrogens is 264 g/mol. The monoisotopic (exact) mass is 298 g/mol. The fourth-order valence-corrected chi connectivity index (χ4v) is 2.88. The van der Waals surface area contributed by atoms with Gasteiger partial charge >= 0.3 is 0 Å². The standard InChI is InChI=1S/C16H34N4O/c1-5-14(6-2)12-18-16(17-3)19-13-15-8-7-9-20(15)10-11-21-4/h14-15H,5-13H2,1-4H3,(H2,17,18,19). The number of aliphatic imine (C=N–C) groups is 1. The zero-order valence-electron chi connectivity index (χ0n) is 14.3. The number of nitrogens with one attached hydrogen (secondary N) is 2. The molecule has 0 radical (unpaired) electrons. The number of rotatable bonds is 9. The summed E-state index contributed by atoms with van der Waals surface area (Å²) in [6, 6.07) is 0.604. The topological polar surface area (TPSA) is 48.9 Å². The summed E-state index contributed by atoms with van der Waals surface area (Å²) in [5.41, 5.74) is 0. The van der Waals surface area contributed by atoms with Gasteiger partial charge in [-0.15, -0.1) is 0 Å². The van der Waals surface area contributed by atoms with E-state index >= 15 is 0 Å². The Morgan fingerprint density at radius 3 is 2.71 bits per heavy atom. The van der Waals surface area contributed by atoms with Crippen molar-refractivity contribution >= 4 is 5.96 Å². The largest absolute Gasteiger partial charge is 0.383 e. The van der Waals surface area contributed by atoms with Crippen LogP contribution in [0, 0.1) is 5.92 Å². The van der Waals surface area contributed by atoms with E-state index in [1.54, 1.807) is 7.11 Å². The summed E-state index contributed by atoms with van der Waals surface area (Å²) in [5, 5.41) is 6.93. The zero-order valence-corrected chi connectivity index (χ0v) is 14.3. The average Bonchev–Trinajstić information content (AvgIpc) is 2.96. The lowest BCUT2D eigenvalue weighted by molar-refractivity contribution is 0.141. The molecule has 0 bridgehead atoms. The Morgan fingerprint density at radius 2 is 2.10 bits per heavy atom. The number of ether oxygens (including phenoxy) is 1. The zero-order chi connectivity index (χ0) is 15.5. The van der Waals surface area contributed by atoms with Crippen molar-refractivity contribution in [2.75, 3.05) is 46.9 Å². The Kier molecular flexibility index (Phi) is 9.42. The molecule has 5 nitrogen and oxygen atoms in total. The van der Waals surface area contributed by atoms with E-state index in [4.69, 9.17) is 4.74 Å². The second-order valence-corrected chi connectivity index (χ2v) is 5.84. The van der Waals surface area contributed by atoms with Gasteiger partial charge in [0.1, 0.15) is 0 Å². The van der Waals surface area contributed by atoms with E-state index in [-0.39, 0.29) is 0 Å². The molecule has 0 spiro atoms. The van der Waals surface area contributed by atoms with E-state index in [0.717, 1.165) is 38.1 Å². The van der Waals surface area contributed by atoms with Crippen LogP contribution < -0.4 is 10.6 Å². The normalized spacial score (nSPS) is 20.2. The fraction of sp³-hybridized carbons (Fsp3) is 0.938. The summed E-state index contributed by atoms with van der Waals surface area (Å²) in [6.07, 6.45) is 4.98. The lowest BCUT2D eigenvalue weighted by Crippen LogP contribution is -2.46. The van der Waals surface area contributed by atoms with Crippen molar-refractivity contribution < 1.29 is 4.74 Å². The fourth-order valence-electron chi connectivity index (χ4n) is 2.88. The third-order valence-electron chi connectivity index (χ3n) is 4.52. The third-order valence-corrected chi connectivity index (χ3v) is 4.52. The average molecular weight is 298 g/mol. The van der Waals surface area contributed by atoms with Gasteiger partial charge in [0, 0.05) is 39.8 Å². The predicted octanol–water partition coefficient (Wildman–Crippen LogP) is 1.70. The van der Waals surface area contributed by atoms with Gasteiger partial charge < -0.3 is 15.4 Å². The minimum atomic E-state index is 0.604. The van der Waals surface area contributed by atoms with Crippen LogP contribution in [0.3, 0.4) is 0 Å². The first-order valence-corrected chi connectivity index (χ1v) is 8.42. The highest BCUT2D eigenvalue weighted by Gasteiger charge is 2.23. The van der Waals surface area contributed by atoms with Crippen molar-refractivity contribution in [1.82, 2.24) is 15.5 Å². The van der Waals surface area contributed by atoms with Crippen LogP contribution in [0.25, 0.3) is 0 Å². The Hall–Kier alpha value is -0.810. The minimum absolute atomic E-state index is 0.604. The maximum Gasteiger partial charge on any atom is 0.191 e. The summed E-state index contributed by atoms with van der Waals surface area (Å²) in [4.78, 5) is 6.85. The minimum Gasteiger partial charge on any atom is -0.383 e. The molecule has 1 heterocycles. The van der Waals surface area contributed by atoms with Crippen LogP contribution >= 0.6 is 0 Å².